The predicted molar refractivity (Wildman–Crippen MR) is 135 cm³/mol. The number of ether oxygens (including phenoxy) is 2. The molecule has 0 bridgehead atoms. The molecule has 1 aromatic carbocycles. The molecule has 0 N–H and O–H groups in total. The number of carbonyl (C=O) groups is 2. The van der Waals surface area contributed by atoms with Crippen LogP contribution in [0.4, 0.5) is 0 Å². The summed E-state index contributed by atoms with van der Waals surface area (Å²) in [6, 6.07) is 9.83. The summed E-state index contributed by atoms with van der Waals surface area (Å²) in [6.07, 6.45) is 14.1. The van der Waals surface area contributed by atoms with Crippen molar-refractivity contribution in [1.82, 2.24) is 0 Å². The summed E-state index contributed by atoms with van der Waals surface area (Å²) in [7, 11) is 0. The molecule has 0 aliphatic rings. The maximum atomic E-state index is 12.1. The van der Waals surface area contributed by atoms with Gasteiger partial charge in [-0.05, 0) is 18.4 Å². The fraction of sp³-hybridized carbons (Fsp3) is 0.704. The summed E-state index contributed by atoms with van der Waals surface area (Å²) in [5.41, 5.74) is 1.03. The minimum absolute atomic E-state index is 0.133. The number of esters is 2. The van der Waals surface area contributed by atoms with Gasteiger partial charge >= 0.3 is 11.9 Å². The molecule has 32 heavy (non-hydrogen) atoms. The number of carbonyl (C=O) groups excluding carboxylic acids is 2. The highest BCUT2D eigenvalue weighted by Crippen LogP contribution is 2.21. The quantitative estimate of drug-likeness (QED) is 0.146. The smallest absolute Gasteiger partial charge is 0.307 e. The maximum Gasteiger partial charge on any atom is 0.307 e. The van der Waals surface area contributed by atoms with E-state index in [1.807, 2.05) is 37.3 Å². The van der Waals surface area contributed by atoms with Crippen molar-refractivity contribution < 1.29 is 19.1 Å². The van der Waals surface area contributed by atoms with Crippen molar-refractivity contribution in [2.24, 2.45) is 0 Å². The Morgan fingerprint density at radius 3 is 1.94 bits per heavy atom. The van der Waals surface area contributed by atoms with E-state index in [1.165, 1.54) is 51.4 Å². The Morgan fingerprint density at radius 2 is 1.34 bits per heavy atom. The molecule has 1 aromatic rings. The Kier molecular flexibility index (Phi) is 18.0. The third-order valence-corrected chi connectivity index (χ3v) is 6.46. The highest BCUT2D eigenvalue weighted by Gasteiger charge is 2.14. The zero-order valence-corrected chi connectivity index (χ0v) is 21.1. The molecule has 0 aromatic heterocycles. The SMILES string of the molecule is CCCCCCCCCCCCOC(=O)CCSCCC(=O)OC(CC)c1ccccc1. The van der Waals surface area contributed by atoms with Gasteiger partial charge in [0.05, 0.1) is 19.4 Å². The van der Waals surface area contributed by atoms with Gasteiger partial charge in [-0.3, -0.25) is 9.59 Å². The third kappa shape index (κ3) is 15.3. The Morgan fingerprint density at radius 1 is 0.781 bits per heavy atom. The van der Waals surface area contributed by atoms with Crippen LogP contribution in [0.15, 0.2) is 30.3 Å². The van der Waals surface area contributed by atoms with Crippen LogP contribution in [0.5, 0.6) is 0 Å². The van der Waals surface area contributed by atoms with Crippen LogP contribution in [-0.4, -0.2) is 30.1 Å². The van der Waals surface area contributed by atoms with Crippen LogP contribution < -0.4 is 0 Å². The lowest BCUT2D eigenvalue weighted by molar-refractivity contribution is -0.149. The molecule has 182 valence electrons. The van der Waals surface area contributed by atoms with E-state index in [2.05, 4.69) is 6.92 Å². The average Bonchev–Trinajstić information content (AvgIpc) is 2.81. The standard InChI is InChI=1S/C27H44O4S/c1-3-5-6-7-8-9-10-11-12-16-21-30-26(28)19-22-32-23-20-27(29)31-25(4-2)24-17-14-13-15-18-24/h13-15,17-18,25H,3-12,16,19-23H2,1-2H3. The molecular formula is C27H44O4S. The molecular weight excluding hydrogens is 420 g/mol. The summed E-state index contributed by atoms with van der Waals surface area (Å²) in [5.74, 6) is 1.03. The fourth-order valence-electron chi connectivity index (χ4n) is 3.53. The first-order chi connectivity index (χ1) is 15.7. The Bertz CT molecular complexity index is 591. The van der Waals surface area contributed by atoms with Gasteiger partial charge in [0.15, 0.2) is 0 Å². The van der Waals surface area contributed by atoms with E-state index in [-0.39, 0.29) is 18.0 Å². The first-order valence-electron chi connectivity index (χ1n) is 12.6. The van der Waals surface area contributed by atoms with E-state index in [0.717, 1.165) is 24.8 Å². The molecule has 0 aliphatic carbocycles. The van der Waals surface area contributed by atoms with Gasteiger partial charge in [-0.1, -0.05) is 102 Å². The summed E-state index contributed by atoms with van der Waals surface area (Å²) in [6.45, 7) is 4.80. The molecule has 1 rings (SSSR count). The highest BCUT2D eigenvalue weighted by atomic mass is 32.2. The highest BCUT2D eigenvalue weighted by molar-refractivity contribution is 7.99. The third-order valence-electron chi connectivity index (χ3n) is 5.48. The van der Waals surface area contributed by atoms with Crippen LogP contribution >= 0.6 is 11.8 Å². The van der Waals surface area contributed by atoms with Crippen molar-refractivity contribution in [3.63, 3.8) is 0 Å². The van der Waals surface area contributed by atoms with Crippen molar-refractivity contribution >= 4 is 23.7 Å². The summed E-state index contributed by atoms with van der Waals surface area (Å²) < 4.78 is 10.9. The second-order valence-electron chi connectivity index (χ2n) is 8.31. The normalized spacial score (nSPS) is 11.8. The van der Waals surface area contributed by atoms with Gasteiger partial charge < -0.3 is 9.47 Å². The number of unbranched alkanes of at least 4 members (excludes halogenated alkanes) is 9. The molecule has 0 aliphatic heterocycles. The lowest BCUT2D eigenvalue weighted by Gasteiger charge is -2.16. The van der Waals surface area contributed by atoms with Crippen molar-refractivity contribution in [2.75, 3.05) is 18.1 Å². The number of rotatable bonds is 20. The zero-order chi connectivity index (χ0) is 23.3. The minimum Gasteiger partial charge on any atom is -0.466 e. The van der Waals surface area contributed by atoms with Crippen molar-refractivity contribution in [1.29, 1.82) is 0 Å². The first-order valence-corrected chi connectivity index (χ1v) is 13.8. The minimum atomic E-state index is -0.186. The van der Waals surface area contributed by atoms with Crippen molar-refractivity contribution in [3.05, 3.63) is 35.9 Å². The molecule has 4 nitrogen and oxygen atoms in total. The predicted octanol–water partition coefficient (Wildman–Crippen LogP) is 7.66. The molecule has 0 fully saturated rings. The van der Waals surface area contributed by atoms with E-state index in [1.54, 1.807) is 11.8 Å². The topological polar surface area (TPSA) is 52.6 Å². The number of hydrogen-bond donors (Lipinski definition) is 0. The van der Waals surface area contributed by atoms with E-state index in [4.69, 9.17) is 9.47 Å². The van der Waals surface area contributed by atoms with Gasteiger partial charge in [-0.2, -0.15) is 11.8 Å². The van der Waals surface area contributed by atoms with Crippen LogP contribution in [0.1, 0.15) is 109 Å². The largest absolute Gasteiger partial charge is 0.466 e. The Hall–Kier alpha value is -1.49. The van der Waals surface area contributed by atoms with Gasteiger partial charge in [0.1, 0.15) is 6.10 Å². The van der Waals surface area contributed by atoms with Gasteiger partial charge in [-0.15, -0.1) is 0 Å². The van der Waals surface area contributed by atoms with Crippen molar-refractivity contribution in [3.8, 4) is 0 Å². The number of thioether (sulfide) groups is 1. The van der Waals surface area contributed by atoms with Crippen LogP contribution in [0.3, 0.4) is 0 Å². The lowest BCUT2D eigenvalue weighted by atomic mass is 10.1. The monoisotopic (exact) mass is 464 g/mol. The molecule has 1 atom stereocenters. The van der Waals surface area contributed by atoms with E-state index in [9.17, 15) is 9.59 Å². The average molecular weight is 465 g/mol. The zero-order valence-electron chi connectivity index (χ0n) is 20.3. The molecule has 0 saturated heterocycles. The van der Waals surface area contributed by atoms with Gasteiger partial charge in [0, 0.05) is 11.5 Å². The first kappa shape index (κ1) is 28.5. The Balaban J connectivity index is 1.93. The molecule has 0 saturated carbocycles. The number of hydrogen-bond acceptors (Lipinski definition) is 5. The van der Waals surface area contributed by atoms with E-state index >= 15 is 0 Å². The molecule has 0 radical (unpaired) electrons. The summed E-state index contributed by atoms with van der Waals surface area (Å²) >= 11 is 1.60. The summed E-state index contributed by atoms with van der Waals surface area (Å²) in [5, 5.41) is 0. The van der Waals surface area contributed by atoms with Crippen molar-refractivity contribution in [2.45, 2.75) is 103 Å². The maximum absolute atomic E-state index is 12.1. The number of benzene rings is 1. The van der Waals surface area contributed by atoms with E-state index in [0.29, 0.717) is 31.0 Å². The van der Waals surface area contributed by atoms with E-state index < -0.39 is 0 Å². The second kappa shape index (κ2) is 20.1. The Labute approximate surface area is 200 Å². The second-order valence-corrected chi connectivity index (χ2v) is 9.54. The molecule has 1 unspecified atom stereocenters. The fourth-order valence-corrected chi connectivity index (χ4v) is 4.36. The van der Waals surface area contributed by atoms with Crippen LogP contribution in [0, 0.1) is 0 Å². The van der Waals surface area contributed by atoms with Gasteiger partial charge in [0.2, 0.25) is 0 Å². The summed E-state index contributed by atoms with van der Waals surface area (Å²) in [4.78, 5) is 23.9. The van der Waals surface area contributed by atoms with Gasteiger partial charge in [0.25, 0.3) is 0 Å². The molecule has 0 heterocycles. The van der Waals surface area contributed by atoms with Crippen LogP contribution in [0.2, 0.25) is 0 Å². The molecule has 0 spiro atoms. The van der Waals surface area contributed by atoms with Crippen LogP contribution in [0.25, 0.3) is 0 Å². The molecule has 5 heteroatoms. The van der Waals surface area contributed by atoms with Crippen LogP contribution in [-0.2, 0) is 19.1 Å². The lowest BCUT2D eigenvalue weighted by Crippen LogP contribution is -2.12. The molecule has 0 amide bonds. The van der Waals surface area contributed by atoms with Gasteiger partial charge in [-0.25, -0.2) is 0 Å².